The van der Waals surface area contributed by atoms with Crippen molar-refractivity contribution in [1.82, 2.24) is 9.97 Å². The molecule has 1 saturated heterocycles. The predicted octanol–water partition coefficient (Wildman–Crippen LogP) is 2.15. The normalized spacial score (nSPS) is 20.0. The quantitative estimate of drug-likeness (QED) is 0.797. The molecule has 0 amide bonds. The average molecular weight is 305 g/mol. The minimum absolute atomic E-state index is 0.339. The van der Waals surface area contributed by atoms with Crippen molar-refractivity contribution < 1.29 is 14.3 Å². The molecular weight excluding hydrogens is 282 g/mol. The third kappa shape index (κ3) is 3.21. The summed E-state index contributed by atoms with van der Waals surface area (Å²) in [6.45, 7) is 2.98. The third-order valence-electron chi connectivity index (χ3n) is 4.50. The summed E-state index contributed by atoms with van der Waals surface area (Å²) in [6, 6.07) is 0. The summed E-state index contributed by atoms with van der Waals surface area (Å²) in [4.78, 5) is 23.3. The molecule has 120 valence electrons. The van der Waals surface area contributed by atoms with Crippen LogP contribution in [0.25, 0.3) is 0 Å². The average Bonchev–Trinajstić information content (AvgIpc) is 2.62. The van der Waals surface area contributed by atoms with Crippen molar-refractivity contribution >= 4 is 11.9 Å². The number of morpholine rings is 1. The summed E-state index contributed by atoms with van der Waals surface area (Å²) < 4.78 is 10.3. The summed E-state index contributed by atoms with van der Waals surface area (Å²) in [7, 11) is 1.41. The van der Waals surface area contributed by atoms with Crippen LogP contribution in [0.15, 0.2) is 6.20 Å². The molecule has 22 heavy (non-hydrogen) atoms. The van der Waals surface area contributed by atoms with Gasteiger partial charge in [-0.1, -0.05) is 19.3 Å². The molecule has 0 atom stereocenters. The maximum atomic E-state index is 12.0. The van der Waals surface area contributed by atoms with Gasteiger partial charge in [-0.25, -0.2) is 14.8 Å². The predicted molar refractivity (Wildman–Crippen MR) is 82.2 cm³/mol. The van der Waals surface area contributed by atoms with Gasteiger partial charge in [-0.15, -0.1) is 0 Å². The number of aromatic nitrogens is 2. The first-order chi connectivity index (χ1) is 10.8. The summed E-state index contributed by atoms with van der Waals surface area (Å²) in [5.74, 6) is 0.705. The molecule has 2 heterocycles. The molecule has 1 aliphatic heterocycles. The number of anilines is 1. The van der Waals surface area contributed by atoms with Gasteiger partial charge >= 0.3 is 5.97 Å². The number of rotatable bonds is 3. The topological polar surface area (TPSA) is 64.5 Å². The van der Waals surface area contributed by atoms with Crippen LogP contribution in [0.5, 0.6) is 0 Å². The summed E-state index contributed by atoms with van der Waals surface area (Å²) in [5.41, 5.74) is 1.38. The maximum absolute atomic E-state index is 12.0. The minimum Gasteiger partial charge on any atom is -0.465 e. The van der Waals surface area contributed by atoms with E-state index in [2.05, 4.69) is 9.88 Å². The molecule has 3 rings (SSSR count). The van der Waals surface area contributed by atoms with E-state index in [1.54, 1.807) is 6.20 Å². The van der Waals surface area contributed by atoms with Gasteiger partial charge in [0.1, 0.15) is 0 Å². The lowest BCUT2D eigenvalue weighted by Gasteiger charge is -2.28. The fourth-order valence-corrected chi connectivity index (χ4v) is 3.26. The first-order valence-electron chi connectivity index (χ1n) is 8.07. The van der Waals surface area contributed by atoms with E-state index in [0.29, 0.717) is 30.6 Å². The van der Waals surface area contributed by atoms with Crippen LogP contribution in [0.4, 0.5) is 5.95 Å². The summed E-state index contributed by atoms with van der Waals surface area (Å²) in [5, 5.41) is 0. The Morgan fingerprint density at radius 2 is 2.00 bits per heavy atom. The highest BCUT2D eigenvalue weighted by Gasteiger charge is 2.26. The highest BCUT2D eigenvalue weighted by molar-refractivity contribution is 5.90. The lowest BCUT2D eigenvalue weighted by molar-refractivity contribution is 0.0597. The van der Waals surface area contributed by atoms with Crippen molar-refractivity contribution in [2.75, 3.05) is 38.3 Å². The van der Waals surface area contributed by atoms with Crippen molar-refractivity contribution in [3.8, 4) is 0 Å². The van der Waals surface area contributed by atoms with E-state index >= 15 is 0 Å². The minimum atomic E-state index is -0.339. The third-order valence-corrected chi connectivity index (χ3v) is 4.50. The Labute approximate surface area is 130 Å². The fourth-order valence-electron chi connectivity index (χ4n) is 3.26. The van der Waals surface area contributed by atoms with Crippen LogP contribution in [-0.4, -0.2) is 49.4 Å². The van der Waals surface area contributed by atoms with E-state index in [1.165, 1.54) is 26.4 Å². The van der Waals surface area contributed by atoms with Gasteiger partial charge in [-0.2, -0.15) is 0 Å². The van der Waals surface area contributed by atoms with Crippen molar-refractivity contribution in [3.05, 3.63) is 17.5 Å². The van der Waals surface area contributed by atoms with E-state index in [4.69, 9.17) is 14.5 Å². The van der Waals surface area contributed by atoms with Crippen molar-refractivity contribution in [2.24, 2.45) is 0 Å². The van der Waals surface area contributed by atoms with E-state index in [9.17, 15) is 4.79 Å². The van der Waals surface area contributed by atoms with Crippen LogP contribution in [-0.2, 0) is 9.47 Å². The van der Waals surface area contributed by atoms with Gasteiger partial charge in [0, 0.05) is 25.2 Å². The van der Waals surface area contributed by atoms with Crippen molar-refractivity contribution in [1.29, 1.82) is 0 Å². The molecule has 0 aromatic carbocycles. The molecule has 2 aliphatic rings. The van der Waals surface area contributed by atoms with E-state index in [-0.39, 0.29) is 5.97 Å². The maximum Gasteiger partial charge on any atom is 0.341 e. The highest BCUT2D eigenvalue weighted by atomic mass is 16.5. The van der Waals surface area contributed by atoms with Crippen LogP contribution in [0, 0.1) is 0 Å². The summed E-state index contributed by atoms with van der Waals surface area (Å²) >= 11 is 0. The Balaban J connectivity index is 1.92. The zero-order valence-corrected chi connectivity index (χ0v) is 13.1. The van der Waals surface area contributed by atoms with Gasteiger partial charge in [0.15, 0.2) is 0 Å². The Morgan fingerprint density at radius 3 is 2.68 bits per heavy atom. The number of esters is 1. The number of methoxy groups -OCH3 is 1. The van der Waals surface area contributed by atoms with E-state index in [0.717, 1.165) is 31.6 Å². The molecule has 0 bridgehead atoms. The molecule has 2 fully saturated rings. The Morgan fingerprint density at radius 1 is 1.27 bits per heavy atom. The van der Waals surface area contributed by atoms with Gasteiger partial charge in [0.25, 0.3) is 0 Å². The van der Waals surface area contributed by atoms with Gasteiger partial charge < -0.3 is 14.4 Å². The summed E-state index contributed by atoms with van der Waals surface area (Å²) in [6.07, 6.45) is 7.47. The second kappa shape index (κ2) is 7.05. The van der Waals surface area contributed by atoms with Crippen LogP contribution < -0.4 is 4.90 Å². The molecular formula is C16H23N3O3. The lowest BCUT2D eigenvalue weighted by Crippen LogP contribution is -2.37. The first-order valence-corrected chi connectivity index (χ1v) is 8.07. The first kappa shape index (κ1) is 15.2. The van der Waals surface area contributed by atoms with E-state index < -0.39 is 0 Å². The molecule has 1 saturated carbocycles. The molecule has 0 N–H and O–H groups in total. The second-order valence-electron chi connectivity index (χ2n) is 5.89. The zero-order valence-electron chi connectivity index (χ0n) is 13.1. The van der Waals surface area contributed by atoms with Crippen LogP contribution in [0.1, 0.15) is 54.1 Å². The molecule has 1 aromatic heterocycles. The zero-order chi connectivity index (χ0) is 15.4. The molecule has 1 aliphatic carbocycles. The van der Waals surface area contributed by atoms with Crippen molar-refractivity contribution in [2.45, 2.75) is 38.0 Å². The van der Waals surface area contributed by atoms with Crippen LogP contribution >= 0.6 is 0 Å². The Hall–Kier alpha value is -1.69. The smallest absolute Gasteiger partial charge is 0.341 e. The molecule has 0 spiro atoms. The van der Waals surface area contributed by atoms with Crippen LogP contribution in [0.2, 0.25) is 0 Å². The number of carbonyl (C=O) groups excluding carboxylic acids is 1. The number of carbonyl (C=O) groups is 1. The van der Waals surface area contributed by atoms with E-state index in [1.807, 2.05) is 0 Å². The lowest BCUT2D eigenvalue weighted by atomic mass is 9.85. The fraction of sp³-hybridized carbons (Fsp3) is 0.688. The van der Waals surface area contributed by atoms with Gasteiger partial charge in [0.05, 0.1) is 31.6 Å². The van der Waals surface area contributed by atoms with Gasteiger partial charge in [-0.05, 0) is 12.8 Å². The van der Waals surface area contributed by atoms with Crippen molar-refractivity contribution in [3.63, 3.8) is 0 Å². The molecule has 6 heteroatoms. The number of nitrogens with zero attached hydrogens (tertiary/aromatic N) is 3. The molecule has 0 unspecified atom stereocenters. The Kier molecular flexibility index (Phi) is 4.87. The standard InChI is InChI=1S/C16H23N3O3/c1-21-15(20)13-11-17-16(19-7-9-22-10-8-19)18-14(13)12-5-3-2-4-6-12/h11-12H,2-10H2,1H3. The van der Waals surface area contributed by atoms with Gasteiger partial charge in [-0.3, -0.25) is 0 Å². The largest absolute Gasteiger partial charge is 0.465 e. The highest BCUT2D eigenvalue weighted by Crippen LogP contribution is 2.34. The molecule has 1 aromatic rings. The number of hydrogen-bond acceptors (Lipinski definition) is 6. The SMILES string of the molecule is COC(=O)c1cnc(N2CCOCC2)nc1C1CCCCC1. The van der Waals surface area contributed by atoms with Crippen LogP contribution in [0.3, 0.4) is 0 Å². The molecule has 0 radical (unpaired) electrons. The monoisotopic (exact) mass is 305 g/mol. The molecule has 6 nitrogen and oxygen atoms in total. The number of ether oxygens (including phenoxy) is 2. The second-order valence-corrected chi connectivity index (χ2v) is 5.89. The van der Waals surface area contributed by atoms with Gasteiger partial charge in [0.2, 0.25) is 5.95 Å². The number of hydrogen-bond donors (Lipinski definition) is 0. The Bertz CT molecular complexity index is 523.